The highest BCUT2D eigenvalue weighted by atomic mass is 32.2. The Bertz CT molecular complexity index is 863. The zero-order valence-electron chi connectivity index (χ0n) is 14.2. The summed E-state index contributed by atoms with van der Waals surface area (Å²) in [6, 6.07) is 11.9. The summed E-state index contributed by atoms with van der Waals surface area (Å²) in [7, 11) is 1.38. The van der Waals surface area contributed by atoms with Gasteiger partial charge in [0.05, 0.1) is 7.11 Å². The average Bonchev–Trinajstić information content (AvgIpc) is 3.06. The Labute approximate surface area is 150 Å². The lowest BCUT2D eigenvalue weighted by Gasteiger charge is -2.12. The molecule has 0 aliphatic carbocycles. The number of esters is 1. The average molecular weight is 354 g/mol. The Kier molecular flexibility index (Phi) is 5.14. The number of pyridine rings is 1. The molecule has 3 aromatic rings. The highest BCUT2D eigenvalue weighted by molar-refractivity contribution is 8.00. The lowest BCUT2D eigenvalue weighted by Crippen LogP contribution is -2.15. The van der Waals surface area contributed by atoms with Crippen LogP contribution in [-0.4, -0.2) is 38.1 Å². The van der Waals surface area contributed by atoms with Gasteiger partial charge < -0.3 is 4.74 Å². The molecule has 6 nitrogen and oxygen atoms in total. The van der Waals surface area contributed by atoms with Crippen LogP contribution in [0.2, 0.25) is 0 Å². The standard InChI is InChI=1S/C18H18N4O2S/c1-12-6-8-15(9-7-12)22-16(14-5-4-10-19-11-14)20-21-18(22)25-13(2)17(23)24-3/h4-11,13H,1-3H3. The molecule has 0 amide bonds. The van der Waals surface area contributed by atoms with E-state index in [0.717, 1.165) is 16.8 Å². The van der Waals surface area contributed by atoms with Crippen molar-refractivity contribution >= 4 is 17.7 Å². The fourth-order valence-electron chi connectivity index (χ4n) is 2.33. The predicted molar refractivity (Wildman–Crippen MR) is 96.7 cm³/mol. The van der Waals surface area contributed by atoms with Crippen LogP contribution < -0.4 is 0 Å². The lowest BCUT2D eigenvalue weighted by molar-refractivity contribution is -0.139. The Hall–Kier alpha value is -2.67. The van der Waals surface area contributed by atoms with Crippen molar-refractivity contribution in [3.63, 3.8) is 0 Å². The van der Waals surface area contributed by atoms with Gasteiger partial charge in [0.2, 0.25) is 0 Å². The van der Waals surface area contributed by atoms with Crippen LogP contribution in [0.1, 0.15) is 12.5 Å². The number of hydrogen-bond acceptors (Lipinski definition) is 6. The first-order chi connectivity index (χ1) is 12.1. The maximum Gasteiger partial charge on any atom is 0.318 e. The molecule has 0 aliphatic rings. The van der Waals surface area contributed by atoms with Crippen LogP contribution in [0, 0.1) is 6.92 Å². The Morgan fingerprint density at radius 2 is 1.96 bits per heavy atom. The number of ether oxygens (including phenoxy) is 1. The fourth-order valence-corrected chi connectivity index (χ4v) is 3.22. The summed E-state index contributed by atoms with van der Waals surface area (Å²) in [5, 5.41) is 8.85. The van der Waals surface area contributed by atoms with Crippen molar-refractivity contribution in [1.29, 1.82) is 0 Å². The van der Waals surface area contributed by atoms with Crippen LogP contribution in [0.3, 0.4) is 0 Å². The molecule has 7 heteroatoms. The Balaban J connectivity index is 2.08. The molecule has 0 saturated carbocycles. The van der Waals surface area contributed by atoms with Gasteiger partial charge in [-0.3, -0.25) is 14.3 Å². The van der Waals surface area contributed by atoms with Crippen molar-refractivity contribution in [1.82, 2.24) is 19.7 Å². The van der Waals surface area contributed by atoms with Crippen LogP contribution in [0.15, 0.2) is 53.9 Å². The summed E-state index contributed by atoms with van der Waals surface area (Å²) in [5.41, 5.74) is 2.94. The molecule has 128 valence electrons. The van der Waals surface area contributed by atoms with Crippen molar-refractivity contribution in [2.45, 2.75) is 24.3 Å². The van der Waals surface area contributed by atoms with E-state index in [1.54, 1.807) is 19.3 Å². The molecule has 0 N–H and O–H groups in total. The predicted octanol–water partition coefficient (Wildman–Crippen LogP) is 3.29. The molecule has 0 aliphatic heterocycles. The van der Waals surface area contributed by atoms with Gasteiger partial charge in [-0.15, -0.1) is 10.2 Å². The SMILES string of the molecule is COC(=O)C(C)Sc1nnc(-c2cccnc2)n1-c1ccc(C)cc1. The minimum absolute atomic E-state index is 0.300. The summed E-state index contributed by atoms with van der Waals surface area (Å²) >= 11 is 1.31. The Morgan fingerprint density at radius 1 is 1.20 bits per heavy atom. The van der Waals surface area contributed by atoms with Gasteiger partial charge in [-0.2, -0.15) is 0 Å². The molecular formula is C18H18N4O2S. The van der Waals surface area contributed by atoms with Gasteiger partial charge in [0.25, 0.3) is 0 Å². The summed E-state index contributed by atoms with van der Waals surface area (Å²) in [6.45, 7) is 3.82. The highest BCUT2D eigenvalue weighted by Crippen LogP contribution is 2.30. The van der Waals surface area contributed by atoms with Gasteiger partial charge in [0.1, 0.15) is 5.25 Å². The van der Waals surface area contributed by atoms with E-state index in [4.69, 9.17) is 4.74 Å². The lowest BCUT2D eigenvalue weighted by atomic mass is 10.2. The minimum atomic E-state index is -0.389. The van der Waals surface area contributed by atoms with Crippen molar-refractivity contribution in [2.75, 3.05) is 7.11 Å². The first kappa shape index (κ1) is 17.2. The number of aromatic nitrogens is 4. The van der Waals surface area contributed by atoms with E-state index in [9.17, 15) is 4.79 Å². The van der Waals surface area contributed by atoms with E-state index in [0.29, 0.717) is 11.0 Å². The quantitative estimate of drug-likeness (QED) is 0.517. The molecule has 1 aromatic carbocycles. The second-order valence-corrected chi connectivity index (χ2v) is 6.81. The van der Waals surface area contributed by atoms with Gasteiger partial charge in [-0.05, 0) is 38.1 Å². The van der Waals surface area contributed by atoms with Crippen molar-refractivity contribution in [3.8, 4) is 17.1 Å². The van der Waals surface area contributed by atoms with Gasteiger partial charge in [0.15, 0.2) is 11.0 Å². The van der Waals surface area contributed by atoms with Gasteiger partial charge >= 0.3 is 5.97 Å². The van der Waals surface area contributed by atoms with Crippen LogP contribution in [0.5, 0.6) is 0 Å². The maximum atomic E-state index is 11.8. The zero-order valence-corrected chi connectivity index (χ0v) is 15.0. The molecule has 2 aromatic heterocycles. The number of methoxy groups -OCH3 is 1. The van der Waals surface area contributed by atoms with E-state index in [2.05, 4.69) is 15.2 Å². The van der Waals surface area contributed by atoms with E-state index in [1.807, 2.05) is 47.9 Å². The minimum Gasteiger partial charge on any atom is -0.468 e. The molecule has 3 rings (SSSR count). The largest absolute Gasteiger partial charge is 0.468 e. The van der Waals surface area contributed by atoms with Crippen molar-refractivity contribution in [3.05, 3.63) is 54.4 Å². The van der Waals surface area contributed by atoms with Crippen LogP contribution in [0.4, 0.5) is 0 Å². The van der Waals surface area contributed by atoms with E-state index >= 15 is 0 Å². The summed E-state index contributed by atoms with van der Waals surface area (Å²) in [5.74, 6) is 0.378. The normalized spacial score (nSPS) is 12.0. The third kappa shape index (κ3) is 3.71. The van der Waals surface area contributed by atoms with Gasteiger partial charge in [-0.1, -0.05) is 29.5 Å². The number of rotatable bonds is 5. The third-order valence-electron chi connectivity index (χ3n) is 3.66. The zero-order chi connectivity index (χ0) is 17.8. The number of hydrogen-bond donors (Lipinski definition) is 0. The molecule has 0 bridgehead atoms. The molecule has 1 atom stereocenters. The summed E-state index contributed by atoms with van der Waals surface area (Å²) in [4.78, 5) is 15.9. The van der Waals surface area contributed by atoms with E-state index in [-0.39, 0.29) is 11.2 Å². The first-order valence-electron chi connectivity index (χ1n) is 7.77. The number of aryl methyl sites for hydroxylation is 1. The monoisotopic (exact) mass is 354 g/mol. The second kappa shape index (κ2) is 7.48. The Morgan fingerprint density at radius 3 is 2.60 bits per heavy atom. The molecule has 25 heavy (non-hydrogen) atoms. The van der Waals surface area contributed by atoms with Gasteiger partial charge in [-0.25, -0.2) is 0 Å². The summed E-state index contributed by atoms with van der Waals surface area (Å²) < 4.78 is 6.74. The van der Waals surface area contributed by atoms with Crippen molar-refractivity contribution in [2.24, 2.45) is 0 Å². The number of nitrogens with zero attached hydrogens (tertiary/aromatic N) is 4. The van der Waals surface area contributed by atoms with Crippen LogP contribution in [-0.2, 0) is 9.53 Å². The number of thioether (sulfide) groups is 1. The fraction of sp³-hybridized carbons (Fsp3) is 0.222. The molecule has 0 fully saturated rings. The number of carbonyl (C=O) groups excluding carboxylic acids is 1. The topological polar surface area (TPSA) is 69.9 Å². The number of benzene rings is 1. The van der Waals surface area contributed by atoms with Crippen molar-refractivity contribution < 1.29 is 9.53 Å². The smallest absolute Gasteiger partial charge is 0.318 e. The van der Waals surface area contributed by atoms with E-state index < -0.39 is 0 Å². The van der Waals surface area contributed by atoms with Gasteiger partial charge in [0, 0.05) is 23.6 Å². The first-order valence-corrected chi connectivity index (χ1v) is 8.65. The molecular weight excluding hydrogens is 336 g/mol. The maximum absolute atomic E-state index is 11.8. The van der Waals surface area contributed by atoms with Crippen LogP contribution >= 0.6 is 11.8 Å². The van der Waals surface area contributed by atoms with E-state index in [1.165, 1.54) is 18.9 Å². The third-order valence-corrected chi connectivity index (χ3v) is 4.68. The molecule has 0 spiro atoms. The highest BCUT2D eigenvalue weighted by Gasteiger charge is 2.22. The number of carbonyl (C=O) groups is 1. The molecule has 0 saturated heterocycles. The second-order valence-electron chi connectivity index (χ2n) is 5.50. The molecule has 2 heterocycles. The molecule has 1 unspecified atom stereocenters. The van der Waals surface area contributed by atoms with Crippen LogP contribution in [0.25, 0.3) is 17.1 Å². The summed E-state index contributed by atoms with van der Waals surface area (Å²) in [6.07, 6.45) is 3.46. The molecule has 0 radical (unpaired) electrons.